The van der Waals surface area contributed by atoms with Gasteiger partial charge in [0.1, 0.15) is 5.75 Å². The molecule has 0 fully saturated rings. The van der Waals surface area contributed by atoms with Crippen LogP contribution < -0.4 is 10.1 Å². The fourth-order valence-corrected chi connectivity index (χ4v) is 2.06. The summed E-state index contributed by atoms with van der Waals surface area (Å²) in [6, 6.07) is 6.11. The van der Waals surface area contributed by atoms with Gasteiger partial charge in [-0.15, -0.1) is 0 Å². The van der Waals surface area contributed by atoms with Crippen molar-refractivity contribution in [3.8, 4) is 5.75 Å². The molecule has 1 aromatic carbocycles. The van der Waals surface area contributed by atoms with Crippen molar-refractivity contribution in [2.24, 2.45) is 0 Å². The van der Waals surface area contributed by atoms with E-state index in [9.17, 15) is 5.11 Å². The first kappa shape index (κ1) is 15.0. The number of methoxy groups -OCH3 is 1. The fraction of sp³-hybridized carbons (Fsp3) is 0.600. The molecule has 0 radical (unpaired) electrons. The third-order valence-corrected chi connectivity index (χ3v) is 3.07. The van der Waals surface area contributed by atoms with Crippen LogP contribution in [-0.4, -0.2) is 25.4 Å². The number of nitrogens with one attached hydrogen (secondary N) is 1. The maximum absolute atomic E-state index is 9.44. The molecule has 0 aromatic heterocycles. The number of aliphatic hydroxyl groups is 1. The van der Waals surface area contributed by atoms with Crippen LogP contribution >= 0.6 is 0 Å². The first-order chi connectivity index (χ1) is 8.43. The van der Waals surface area contributed by atoms with Gasteiger partial charge in [0.05, 0.1) is 19.8 Å². The Morgan fingerprint density at radius 1 is 1.33 bits per heavy atom. The van der Waals surface area contributed by atoms with Crippen LogP contribution in [0.1, 0.15) is 44.9 Å². The summed E-state index contributed by atoms with van der Waals surface area (Å²) in [6.45, 7) is 9.46. The van der Waals surface area contributed by atoms with E-state index in [0.717, 1.165) is 17.9 Å². The van der Waals surface area contributed by atoms with Crippen molar-refractivity contribution in [1.82, 2.24) is 5.32 Å². The monoisotopic (exact) mass is 251 g/mol. The summed E-state index contributed by atoms with van der Waals surface area (Å²) >= 11 is 0. The number of ether oxygens (including phenoxy) is 1. The molecule has 1 unspecified atom stereocenters. The van der Waals surface area contributed by atoms with Gasteiger partial charge >= 0.3 is 0 Å². The lowest BCUT2D eigenvalue weighted by Crippen LogP contribution is -2.24. The van der Waals surface area contributed by atoms with Crippen LogP contribution in [0.25, 0.3) is 0 Å². The van der Waals surface area contributed by atoms with Gasteiger partial charge in [0.2, 0.25) is 0 Å². The molecule has 1 atom stereocenters. The molecule has 0 heterocycles. The van der Waals surface area contributed by atoms with E-state index in [0.29, 0.717) is 0 Å². The van der Waals surface area contributed by atoms with Crippen molar-refractivity contribution >= 4 is 0 Å². The highest BCUT2D eigenvalue weighted by molar-refractivity contribution is 5.42. The van der Waals surface area contributed by atoms with E-state index in [4.69, 9.17) is 4.74 Å². The maximum Gasteiger partial charge on any atom is 0.122 e. The van der Waals surface area contributed by atoms with Gasteiger partial charge in [0.15, 0.2) is 0 Å². The number of rotatable bonds is 5. The molecule has 0 saturated carbocycles. The second-order valence-corrected chi connectivity index (χ2v) is 5.50. The van der Waals surface area contributed by atoms with Crippen molar-refractivity contribution in [3.05, 3.63) is 29.3 Å². The van der Waals surface area contributed by atoms with Gasteiger partial charge < -0.3 is 15.2 Å². The Morgan fingerprint density at radius 2 is 2.00 bits per heavy atom. The zero-order chi connectivity index (χ0) is 13.8. The molecule has 102 valence electrons. The van der Waals surface area contributed by atoms with E-state index >= 15 is 0 Å². The first-order valence-corrected chi connectivity index (χ1v) is 6.46. The van der Waals surface area contributed by atoms with Gasteiger partial charge in [-0.2, -0.15) is 0 Å². The van der Waals surface area contributed by atoms with Crippen LogP contribution in [0.15, 0.2) is 18.2 Å². The van der Waals surface area contributed by atoms with Crippen LogP contribution in [0.2, 0.25) is 0 Å². The Labute approximate surface area is 110 Å². The molecular weight excluding hydrogens is 226 g/mol. The standard InChI is InChI=1S/C15H25NO2/c1-6-16-13(10-17)11-7-8-14(18-5)12(9-11)15(2,3)4/h7-9,13,16-17H,6,10H2,1-5H3. The lowest BCUT2D eigenvalue weighted by atomic mass is 9.84. The maximum atomic E-state index is 9.44. The largest absolute Gasteiger partial charge is 0.496 e. The lowest BCUT2D eigenvalue weighted by molar-refractivity contribution is 0.246. The quantitative estimate of drug-likeness (QED) is 0.845. The highest BCUT2D eigenvalue weighted by Gasteiger charge is 2.21. The molecule has 3 heteroatoms. The molecule has 0 bridgehead atoms. The Hall–Kier alpha value is -1.06. The van der Waals surface area contributed by atoms with Crippen LogP contribution in [0.5, 0.6) is 5.75 Å². The summed E-state index contributed by atoms with van der Waals surface area (Å²) in [6.07, 6.45) is 0. The van der Waals surface area contributed by atoms with Crippen molar-refractivity contribution in [2.45, 2.75) is 39.2 Å². The molecular formula is C15H25NO2. The second-order valence-electron chi connectivity index (χ2n) is 5.50. The van der Waals surface area contributed by atoms with Crippen molar-refractivity contribution in [1.29, 1.82) is 0 Å². The number of benzene rings is 1. The van der Waals surface area contributed by atoms with Crippen LogP contribution in [0, 0.1) is 0 Å². The second kappa shape index (κ2) is 6.21. The van der Waals surface area contributed by atoms with Gasteiger partial charge in [-0.25, -0.2) is 0 Å². The number of hydrogen-bond donors (Lipinski definition) is 2. The summed E-state index contributed by atoms with van der Waals surface area (Å²) in [5.41, 5.74) is 2.29. The molecule has 3 nitrogen and oxygen atoms in total. The third kappa shape index (κ3) is 3.47. The van der Waals surface area contributed by atoms with E-state index in [-0.39, 0.29) is 18.1 Å². The van der Waals surface area contributed by atoms with Crippen LogP contribution in [0.4, 0.5) is 0 Å². The third-order valence-electron chi connectivity index (χ3n) is 3.07. The van der Waals surface area contributed by atoms with E-state index in [1.54, 1.807) is 7.11 Å². The van der Waals surface area contributed by atoms with E-state index in [1.807, 2.05) is 19.1 Å². The molecule has 0 saturated heterocycles. The molecule has 0 aliphatic carbocycles. The normalized spacial score (nSPS) is 13.4. The molecule has 0 aliphatic heterocycles. The van der Waals surface area contributed by atoms with Crippen molar-refractivity contribution < 1.29 is 9.84 Å². The molecule has 1 aromatic rings. The minimum atomic E-state index is -0.0120. The molecule has 0 aliphatic rings. The predicted octanol–water partition coefficient (Wildman–Crippen LogP) is 2.64. The summed E-state index contributed by atoms with van der Waals surface area (Å²) in [5, 5.41) is 12.7. The summed E-state index contributed by atoms with van der Waals surface area (Å²) in [4.78, 5) is 0. The van der Waals surface area contributed by atoms with Gasteiger partial charge in [0.25, 0.3) is 0 Å². The van der Waals surface area contributed by atoms with Crippen molar-refractivity contribution in [3.63, 3.8) is 0 Å². The Balaban J connectivity index is 3.17. The number of aliphatic hydroxyl groups excluding tert-OH is 1. The fourth-order valence-electron chi connectivity index (χ4n) is 2.06. The summed E-state index contributed by atoms with van der Waals surface area (Å²) < 4.78 is 5.42. The van der Waals surface area contributed by atoms with Gasteiger partial charge in [-0.1, -0.05) is 33.8 Å². The zero-order valence-electron chi connectivity index (χ0n) is 12.1. The average molecular weight is 251 g/mol. The first-order valence-electron chi connectivity index (χ1n) is 6.46. The Bertz CT molecular complexity index is 383. The minimum absolute atomic E-state index is 0.0120. The molecule has 0 amide bonds. The zero-order valence-corrected chi connectivity index (χ0v) is 12.1. The molecule has 2 N–H and O–H groups in total. The average Bonchev–Trinajstić information content (AvgIpc) is 2.34. The smallest absolute Gasteiger partial charge is 0.122 e. The highest BCUT2D eigenvalue weighted by atomic mass is 16.5. The SMILES string of the molecule is CCNC(CO)c1ccc(OC)c(C(C)(C)C)c1. The van der Waals surface area contributed by atoms with Gasteiger partial charge in [-0.05, 0) is 35.2 Å². The van der Waals surface area contributed by atoms with E-state index in [2.05, 4.69) is 32.2 Å². The number of likely N-dealkylation sites (N-methyl/N-ethyl adjacent to an activating group) is 1. The molecule has 0 spiro atoms. The molecule has 1 rings (SSSR count). The van der Waals surface area contributed by atoms with Gasteiger partial charge in [-0.3, -0.25) is 0 Å². The van der Waals surface area contributed by atoms with Gasteiger partial charge in [0, 0.05) is 0 Å². The van der Waals surface area contributed by atoms with E-state index < -0.39 is 0 Å². The Morgan fingerprint density at radius 3 is 2.44 bits per heavy atom. The van der Waals surface area contributed by atoms with Crippen LogP contribution in [-0.2, 0) is 5.41 Å². The lowest BCUT2D eigenvalue weighted by Gasteiger charge is -2.25. The minimum Gasteiger partial charge on any atom is -0.496 e. The topological polar surface area (TPSA) is 41.5 Å². The summed E-state index contributed by atoms with van der Waals surface area (Å²) in [7, 11) is 1.69. The van der Waals surface area contributed by atoms with Crippen LogP contribution in [0.3, 0.4) is 0 Å². The summed E-state index contributed by atoms with van der Waals surface area (Å²) in [5.74, 6) is 0.902. The van der Waals surface area contributed by atoms with Crippen molar-refractivity contribution in [2.75, 3.05) is 20.3 Å². The number of hydrogen-bond acceptors (Lipinski definition) is 3. The Kier molecular flexibility index (Phi) is 5.17. The predicted molar refractivity (Wildman–Crippen MR) is 75.2 cm³/mol. The molecule has 18 heavy (non-hydrogen) atoms. The highest BCUT2D eigenvalue weighted by Crippen LogP contribution is 2.33. The van der Waals surface area contributed by atoms with E-state index in [1.165, 1.54) is 5.56 Å².